The molecule has 2 aromatic rings. The molecule has 2 rings (SSSR count). The molecule has 0 saturated carbocycles. The lowest BCUT2D eigenvalue weighted by Gasteiger charge is -2.10. The Morgan fingerprint density at radius 2 is 1.79 bits per heavy atom. The molecule has 0 spiro atoms. The molecule has 0 saturated heterocycles. The van der Waals surface area contributed by atoms with Crippen molar-refractivity contribution in [3.8, 4) is 18.1 Å². The second kappa shape index (κ2) is 6.19. The fraction of sp³-hybridized carbons (Fsp3) is 0.250. The monoisotopic (exact) mass is 262 g/mol. The number of phenols is 1. The Labute approximate surface area is 111 Å². The van der Waals surface area contributed by atoms with Gasteiger partial charge in [-0.25, -0.2) is 8.78 Å². The molecule has 0 unspecified atom stereocenters. The van der Waals surface area contributed by atoms with Crippen LogP contribution < -0.4 is 0 Å². The minimum Gasteiger partial charge on any atom is -0.508 e. The molecule has 3 heteroatoms. The second-order valence-electron chi connectivity index (χ2n) is 3.74. The molecule has 0 aromatic heterocycles. The molecule has 0 radical (unpaired) electrons. The number of aromatic hydroxyl groups is 1. The van der Waals surface area contributed by atoms with Crippen molar-refractivity contribution in [3.63, 3.8) is 0 Å². The van der Waals surface area contributed by atoms with Crippen LogP contribution in [0.25, 0.3) is 10.8 Å². The van der Waals surface area contributed by atoms with E-state index >= 15 is 0 Å². The molecular weight excluding hydrogens is 246 g/mol. The summed E-state index contributed by atoms with van der Waals surface area (Å²) in [6.45, 7) is 5.83. The Balaban J connectivity index is 0.000000861. The SMILES string of the molecule is C#Cc1c(F)cc(F)c2cc(O)cc(CC)c12.CC. The van der Waals surface area contributed by atoms with Gasteiger partial charge in [0.15, 0.2) is 0 Å². The third-order valence-corrected chi connectivity index (χ3v) is 2.73. The Bertz CT molecular complexity index is 639. The average Bonchev–Trinajstić information content (AvgIpc) is 2.41. The first kappa shape index (κ1) is 15.0. The van der Waals surface area contributed by atoms with Crippen LogP contribution in [0.5, 0.6) is 5.75 Å². The number of benzene rings is 2. The van der Waals surface area contributed by atoms with Gasteiger partial charge in [0.05, 0.1) is 5.56 Å². The number of hydrogen-bond donors (Lipinski definition) is 1. The summed E-state index contributed by atoms with van der Waals surface area (Å²) >= 11 is 0. The van der Waals surface area contributed by atoms with Gasteiger partial charge in [0, 0.05) is 16.8 Å². The Hall–Kier alpha value is -2.08. The van der Waals surface area contributed by atoms with E-state index in [0.717, 1.165) is 6.07 Å². The van der Waals surface area contributed by atoms with E-state index in [0.29, 0.717) is 17.4 Å². The molecule has 1 nitrogen and oxygen atoms in total. The Morgan fingerprint density at radius 3 is 2.32 bits per heavy atom. The maximum Gasteiger partial charge on any atom is 0.142 e. The summed E-state index contributed by atoms with van der Waals surface area (Å²) in [6, 6.07) is 3.47. The molecule has 1 N–H and O–H groups in total. The van der Waals surface area contributed by atoms with Crippen LogP contribution in [0.2, 0.25) is 0 Å². The fourth-order valence-corrected chi connectivity index (χ4v) is 1.97. The molecule has 2 aromatic carbocycles. The summed E-state index contributed by atoms with van der Waals surface area (Å²) in [4.78, 5) is 0. The van der Waals surface area contributed by atoms with E-state index in [4.69, 9.17) is 6.42 Å². The van der Waals surface area contributed by atoms with Gasteiger partial charge in [0.2, 0.25) is 0 Å². The Kier molecular flexibility index (Phi) is 4.88. The van der Waals surface area contributed by atoms with Crippen LogP contribution in [-0.4, -0.2) is 5.11 Å². The molecule has 0 aliphatic heterocycles. The first-order valence-corrected chi connectivity index (χ1v) is 6.18. The number of phenolic OH excluding ortho intramolecular Hbond substituents is 1. The lowest BCUT2D eigenvalue weighted by Crippen LogP contribution is -1.95. The van der Waals surface area contributed by atoms with Gasteiger partial charge < -0.3 is 5.11 Å². The van der Waals surface area contributed by atoms with Crippen molar-refractivity contribution in [2.45, 2.75) is 27.2 Å². The molecule has 0 heterocycles. The average molecular weight is 262 g/mol. The first-order valence-electron chi connectivity index (χ1n) is 6.18. The number of halogens is 2. The van der Waals surface area contributed by atoms with E-state index in [1.165, 1.54) is 12.1 Å². The molecule has 0 amide bonds. The second-order valence-corrected chi connectivity index (χ2v) is 3.74. The van der Waals surface area contributed by atoms with Crippen LogP contribution in [0.1, 0.15) is 31.9 Å². The smallest absolute Gasteiger partial charge is 0.142 e. The van der Waals surface area contributed by atoms with Gasteiger partial charge in [-0.2, -0.15) is 0 Å². The summed E-state index contributed by atoms with van der Waals surface area (Å²) in [5.41, 5.74) is 0.671. The van der Waals surface area contributed by atoms with Gasteiger partial charge in [-0.1, -0.05) is 26.7 Å². The van der Waals surface area contributed by atoms with E-state index in [1.54, 1.807) is 0 Å². The third kappa shape index (κ3) is 2.68. The summed E-state index contributed by atoms with van der Waals surface area (Å²) in [5, 5.41) is 10.0. The van der Waals surface area contributed by atoms with Crippen LogP contribution in [0, 0.1) is 24.0 Å². The minimum absolute atomic E-state index is 0.0400. The molecular formula is C16H16F2O. The minimum atomic E-state index is -0.752. The van der Waals surface area contributed by atoms with Gasteiger partial charge in [-0.3, -0.25) is 0 Å². The van der Waals surface area contributed by atoms with Gasteiger partial charge in [0.1, 0.15) is 17.4 Å². The maximum absolute atomic E-state index is 13.6. The summed E-state index contributed by atoms with van der Waals surface area (Å²) in [7, 11) is 0. The predicted octanol–water partition coefficient (Wildman–Crippen LogP) is 4.39. The number of fused-ring (bicyclic) bond motifs is 1. The maximum atomic E-state index is 13.6. The van der Waals surface area contributed by atoms with Gasteiger partial charge in [-0.15, -0.1) is 6.42 Å². The van der Waals surface area contributed by atoms with Gasteiger partial charge in [0.25, 0.3) is 0 Å². The van der Waals surface area contributed by atoms with Crippen LogP contribution in [-0.2, 0) is 6.42 Å². The van der Waals surface area contributed by atoms with E-state index < -0.39 is 11.6 Å². The number of rotatable bonds is 1. The number of aryl methyl sites for hydroxylation is 1. The zero-order valence-electron chi connectivity index (χ0n) is 11.2. The zero-order valence-corrected chi connectivity index (χ0v) is 11.2. The third-order valence-electron chi connectivity index (χ3n) is 2.73. The van der Waals surface area contributed by atoms with Crippen molar-refractivity contribution in [2.75, 3.05) is 0 Å². The lowest BCUT2D eigenvalue weighted by atomic mass is 9.96. The fourth-order valence-electron chi connectivity index (χ4n) is 1.97. The molecule has 0 bridgehead atoms. The lowest BCUT2D eigenvalue weighted by molar-refractivity contribution is 0.475. The van der Waals surface area contributed by atoms with Crippen molar-refractivity contribution in [3.05, 3.63) is 41.0 Å². The highest BCUT2D eigenvalue weighted by molar-refractivity contribution is 5.93. The zero-order chi connectivity index (χ0) is 14.6. The molecule has 0 aliphatic carbocycles. The Morgan fingerprint density at radius 1 is 1.16 bits per heavy atom. The van der Waals surface area contributed by atoms with Gasteiger partial charge >= 0.3 is 0 Å². The topological polar surface area (TPSA) is 20.2 Å². The number of hydrogen-bond acceptors (Lipinski definition) is 1. The predicted molar refractivity (Wildman–Crippen MR) is 74.2 cm³/mol. The van der Waals surface area contributed by atoms with Crippen LogP contribution in [0.3, 0.4) is 0 Å². The van der Waals surface area contributed by atoms with Crippen LogP contribution in [0.15, 0.2) is 18.2 Å². The van der Waals surface area contributed by atoms with Crippen LogP contribution in [0.4, 0.5) is 8.78 Å². The van der Waals surface area contributed by atoms with E-state index in [-0.39, 0.29) is 16.7 Å². The number of terminal acetylenes is 1. The van der Waals surface area contributed by atoms with Crippen molar-refractivity contribution in [1.82, 2.24) is 0 Å². The van der Waals surface area contributed by atoms with Crippen LogP contribution >= 0.6 is 0 Å². The largest absolute Gasteiger partial charge is 0.508 e. The molecule has 0 atom stereocenters. The molecule has 100 valence electrons. The van der Waals surface area contributed by atoms with E-state index in [1.807, 2.05) is 20.8 Å². The normalized spacial score (nSPS) is 9.68. The first-order chi connectivity index (χ1) is 9.08. The molecule has 19 heavy (non-hydrogen) atoms. The quantitative estimate of drug-likeness (QED) is 0.755. The van der Waals surface area contributed by atoms with Gasteiger partial charge in [-0.05, 0) is 24.1 Å². The van der Waals surface area contributed by atoms with E-state index in [9.17, 15) is 13.9 Å². The summed E-state index contributed by atoms with van der Waals surface area (Å²) < 4.78 is 27.2. The summed E-state index contributed by atoms with van der Waals surface area (Å²) in [5.74, 6) is 0.711. The standard InChI is InChI=1S/C14H10F2O.C2H6/c1-3-8-5-9(17)6-11-13(16)7-12(15)10(4-2)14(8)11;1-2/h2,5-7,17H,3H2,1H3;1-2H3. The van der Waals surface area contributed by atoms with Crippen molar-refractivity contribution < 1.29 is 13.9 Å². The summed E-state index contributed by atoms with van der Waals surface area (Å²) in [6.07, 6.45) is 5.78. The van der Waals surface area contributed by atoms with Crippen molar-refractivity contribution in [2.24, 2.45) is 0 Å². The highest BCUT2D eigenvalue weighted by Gasteiger charge is 2.14. The molecule has 0 aliphatic rings. The molecule has 0 fully saturated rings. The van der Waals surface area contributed by atoms with Crippen molar-refractivity contribution in [1.29, 1.82) is 0 Å². The highest BCUT2D eigenvalue weighted by Crippen LogP contribution is 2.31. The van der Waals surface area contributed by atoms with Crippen molar-refractivity contribution >= 4 is 10.8 Å². The highest BCUT2D eigenvalue weighted by atomic mass is 19.1. The van der Waals surface area contributed by atoms with E-state index in [2.05, 4.69) is 5.92 Å².